The van der Waals surface area contributed by atoms with Gasteiger partial charge in [0.2, 0.25) is 0 Å². The van der Waals surface area contributed by atoms with Crippen LogP contribution in [0.1, 0.15) is 53.4 Å². The molecule has 0 aromatic heterocycles. The molecule has 4 atom stereocenters. The van der Waals surface area contributed by atoms with Crippen molar-refractivity contribution in [1.29, 1.82) is 0 Å². The Balaban J connectivity index is 2.06. The van der Waals surface area contributed by atoms with Gasteiger partial charge in [0, 0.05) is 0 Å². The van der Waals surface area contributed by atoms with E-state index in [0.717, 1.165) is 17.8 Å². The topological polar surface area (TPSA) is 0 Å². The van der Waals surface area contributed by atoms with Gasteiger partial charge in [0.05, 0.1) is 0 Å². The molecule has 0 aromatic rings. The van der Waals surface area contributed by atoms with E-state index in [0.29, 0.717) is 10.8 Å². The first-order chi connectivity index (χ1) is 6.97. The van der Waals surface area contributed by atoms with E-state index < -0.39 is 0 Å². The van der Waals surface area contributed by atoms with Crippen LogP contribution in [0.2, 0.25) is 0 Å². The van der Waals surface area contributed by atoms with E-state index in [1.807, 2.05) is 0 Å². The smallest absolute Gasteiger partial charge is 0.0113 e. The Bertz CT molecular complexity index is 323. The fourth-order valence-corrected chi connectivity index (χ4v) is 5.25. The first-order valence-corrected chi connectivity index (χ1v) is 6.63. The molecule has 0 unspecified atom stereocenters. The van der Waals surface area contributed by atoms with Gasteiger partial charge >= 0.3 is 0 Å². The quantitative estimate of drug-likeness (QED) is 0.513. The van der Waals surface area contributed by atoms with Crippen LogP contribution >= 0.6 is 0 Å². The van der Waals surface area contributed by atoms with E-state index in [-0.39, 0.29) is 0 Å². The summed E-state index contributed by atoms with van der Waals surface area (Å²) in [6.45, 7) is 9.98. The molecule has 0 spiro atoms. The van der Waals surface area contributed by atoms with E-state index in [9.17, 15) is 0 Å². The molecular weight excluding hydrogens is 180 g/mol. The van der Waals surface area contributed by atoms with E-state index in [1.54, 1.807) is 5.57 Å². The predicted octanol–water partition coefficient (Wildman–Crippen LogP) is 4.42. The van der Waals surface area contributed by atoms with Crippen molar-refractivity contribution in [3.05, 3.63) is 11.6 Å². The molecule has 0 aromatic carbocycles. The Morgan fingerprint density at radius 1 is 1.20 bits per heavy atom. The van der Waals surface area contributed by atoms with Crippen molar-refractivity contribution in [1.82, 2.24) is 0 Å². The van der Waals surface area contributed by atoms with Gasteiger partial charge in [-0.05, 0) is 54.8 Å². The van der Waals surface area contributed by atoms with Gasteiger partial charge in [-0.25, -0.2) is 0 Å². The monoisotopic (exact) mass is 204 g/mol. The zero-order chi connectivity index (χ0) is 10.8. The van der Waals surface area contributed by atoms with Crippen molar-refractivity contribution < 1.29 is 0 Å². The van der Waals surface area contributed by atoms with Crippen LogP contribution in [0.15, 0.2) is 11.6 Å². The zero-order valence-corrected chi connectivity index (χ0v) is 10.6. The van der Waals surface area contributed by atoms with Gasteiger partial charge in [-0.1, -0.05) is 38.8 Å². The minimum absolute atomic E-state index is 0.598. The summed E-state index contributed by atoms with van der Waals surface area (Å²) < 4.78 is 0. The van der Waals surface area contributed by atoms with E-state index >= 15 is 0 Å². The second-order valence-electron chi connectivity index (χ2n) is 7.14. The molecule has 0 heteroatoms. The summed E-state index contributed by atoms with van der Waals surface area (Å²) in [6, 6.07) is 0. The molecule has 2 fully saturated rings. The van der Waals surface area contributed by atoms with E-state index in [2.05, 4.69) is 33.8 Å². The zero-order valence-electron chi connectivity index (χ0n) is 10.6. The molecule has 4 rings (SSSR count). The van der Waals surface area contributed by atoms with Crippen LogP contribution in [0, 0.1) is 28.6 Å². The van der Waals surface area contributed by atoms with Crippen molar-refractivity contribution in [2.75, 3.05) is 0 Å². The lowest BCUT2D eigenvalue weighted by Gasteiger charge is -2.66. The van der Waals surface area contributed by atoms with Crippen LogP contribution in [0.3, 0.4) is 0 Å². The van der Waals surface area contributed by atoms with Crippen LogP contribution < -0.4 is 0 Å². The fraction of sp³-hybridized carbons (Fsp3) is 0.867. The van der Waals surface area contributed by atoms with Crippen molar-refractivity contribution in [3.8, 4) is 0 Å². The minimum Gasteiger partial charge on any atom is -0.0850 e. The molecule has 0 radical (unpaired) electrons. The van der Waals surface area contributed by atoms with Gasteiger partial charge < -0.3 is 0 Å². The maximum absolute atomic E-state index is 2.57. The van der Waals surface area contributed by atoms with Crippen molar-refractivity contribution in [2.45, 2.75) is 53.4 Å². The number of allylic oxidation sites excluding steroid dienone is 2. The van der Waals surface area contributed by atoms with Crippen LogP contribution in [0.25, 0.3) is 0 Å². The average Bonchev–Trinajstić information content (AvgIpc) is 2.30. The summed E-state index contributed by atoms with van der Waals surface area (Å²) in [5, 5.41) is 0. The Morgan fingerprint density at radius 2 is 1.93 bits per heavy atom. The normalized spacial score (nSPS) is 51.5. The maximum atomic E-state index is 2.57. The molecule has 4 aliphatic rings. The average molecular weight is 204 g/mol. The third-order valence-corrected chi connectivity index (χ3v) is 5.97. The van der Waals surface area contributed by atoms with Gasteiger partial charge in [0.25, 0.3) is 0 Å². The standard InChI is InChI=1S/C15H24/c1-10-6-7-11-13-12(10)15(11,4)9-5-8-14(13,2)3/h6,11-13H,5,7-9H2,1-4H3/t11-,12+,13+,15+/m1/s1. The Labute approximate surface area is 94.1 Å². The van der Waals surface area contributed by atoms with Gasteiger partial charge in [0.15, 0.2) is 0 Å². The highest BCUT2D eigenvalue weighted by Crippen LogP contribution is 2.72. The molecule has 15 heavy (non-hydrogen) atoms. The van der Waals surface area contributed by atoms with Gasteiger partial charge in [-0.2, -0.15) is 0 Å². The van der Waals surface area contributed by atoms with Crippen LogP contribution in [0.5, 0.6) is 0 Å². The number of hydrogen-bond acceptors (Lipinski definition) is 0. The molecule has 0 N–H and O–H groups in total. The molecule has 84 valence electrons. The molecule has 0 heterocycles. The van der Waals surface area contributed by atoms with Crippen molar-refractivity contribution in [2.24, 2.45) is 28.6 Å². The van der Waals surface area contributed by atoms with Crippen LogP contribution in [0.4, 0.5) is 0 Å². The number of rotatable bonds is 0. The van der Waals surface area contributed by atoms with Crippen molar-refractivity contribution >= 4 is 0 Å². The maximum Gasteiger partial charge on any atom is -0.0113 e. The summed E-state index contributed by atoms with van der Waals surface area (Å²) in [4.78, 5) is 0. The lowest BCUT2D eigenvalue weighted by molar-refractivity contribution is -0.138. The molecule has 4 bridgehead atoms. The highest BCUT2D eigenvalue weighted by atomic mass is 14.7. The van der Waals surface area contributed by atoms with Crippen molar-refractivity contribution in [3.63, 3.8) is 0 Å². The SMILES string of the molecule is CC1=CC[C@@H]2[C@H]3[C@H]1[C@@]2(C)CCCC3(C)C. The van der Waals surface area contributed by atoms with Gasteiger partial charge in [0.1, 0.15) is 0 Å². The third-order valence-electron chi connectivity index (χ3n) is 5.97. The molecule has 0 amide bonds. The van der Waals surface area contributed by atoms with Crippen LogP contribution in [-0.2, 0) is 0 Å². The summed E-state index contributed by atoms with van der Waals surface area (Å²) in [6.07, 6.45) is 8.28. The van der Waals surface area contributed by atoms with Gasteiger partial charge in [-0.3, -0.25) is 0 Å². The first-order valence-electron chi connectivity index (χ1n) is 6.63. The Morgan fingerprint density at radius 3 is 2.60 bits per heavy atom. The molecule has 2 saturated carbocycles. The molecule has 0 nitrogen and oxygen atoms in total. The summed E-state index contributed by atoms with van der Waals surface area (Å²) in [5.41, 5.74) is 2.98. The molecular formula is C15H24. The summed E-state index contributed by atoms with van der Waals surface area (Å²) >= 11 is 0. The Kier molecular flexibility index (Phi) is 1.79. The molecule has 4 aliphatic carbocycles. The van der Waals surface area contributed by atoms with E-state index in [4.69, 9.17) is 0 Å². The number of hydrogen-bond donors (Lipinski definition) is 0. The first kappa shape index (κ1) is 9.93. The molecule has 0 saturated heterocycles. The lowest BCUT2D eigenvalue weighted by atomic mass is 9.38. The third kappa shape index (κ3) is 1.04. The van der Waals surface area contributed by atoms with E-state index in [1.165, 1.54) is 25.7 Å². The highest BCUT2D eigenvalue weighted by molar-refractivity contribution is 5.28. The summed E-state index contributed by atoms with van der Waals surface area (Å²) in [5.74, 6) is 2.92. The largest absolute Gasteiger partial charge is 0.0850 e. The highest BCUT2D eigenvalue weighted by Gasteiger charge is 2.64. The number of fused-ring (bicyclic) bond motifs is 1. The second-order valence-corrected chi connectivity index (χ2v) is 7.14. The minimum atomic E-state index is 0.598. The summed E-state index contributed by atoms with van der Waals surface area (Å²) in [7, 11) is 0. The predicted molar refractivity (Wildman–Crippen MR) is 64.6 cm³/mol. The van der Waals surface area contributed by atoms with Gasteiger partial charge in [-0.15, -0.1) is 0 Å². The second kappa shape index (κ2) is 2.70. The Hall–Kier alpha value is -0.260. The van der Waals surface area contributed by atoms with Crippen LogP contribution in [-0.4, -0.2) is 0 Å². The lowest BCUT2D eigenvalue weighted by Crippen LogP contribution is -2.60. The fourth-order valence-electron chi connectivity index (χ4n) is 5.25. The molecule has 0 aliphatic heterocycles.